The minimum absolute atomic E-state index is 0.158. The van der Waals surface area contributed by atoms with Crippen molar-refractivity contribution in [3.05, 3.63) is 89.0 Å². The van der Waals surface area contributed by atoms with Gasteiger partial charge in [-0.2, -0.15) is 0 Å². The average molecular weight is 423 g/mol. The number of sulfonamides is 1. The molecule has 0 spiro atoms. The summed E-state index contributed by atoms with van der Waals surface area (Å²) >= 11 is 0. The standard InChI is InChI=1S/C24H26N2O3S/c1-4-18-12-9-13-19(5-2)23(18)26-30(28,29)21-14-15-22(17(3)16-21)25-24(27)20-10-7-6-8-11-20/h6-16,26H,4-5H2,1-3H3,(H,25,27). The molecule has 5 nitrogen and oxygen atoms in total. The Balaban J connectivity index is 1.86. The van der Waals surface area contributed by atoms with E-state index in [0.29, 0.717) is 22.5 Å². The summed E-state index contributed by atoms with van der Waals surface area (Å²) in [7, 11) is -3.76. The largest absolute Gasteiger partial charge is 0.322 e. The SMILES string of the molecule is CCc1cccc(CC)c1NS(=O)(=O)c1ccc(NC(=O)c2ccccc2)c(C)c1. The van der Waals surface area contributed by atoms with Crippen molar-refractivity contribution >= 4 is 27.3 Å². The van der Waals surface area contributed by atoms with Crippen molar-refractivity contribution in [2.45, 2.75) is 38.5 Å². The fourth-order valence-electron chi connectivity index (χ4n) is 3.29. The molecule has 156 valence electrons. The zero-order valence-electron chi connectivity index (χ0n) is 17.4. The van der Waals surface area contributed by atoms with E-state index < -0.39 is 10.0 Å². The number of hydrogen-bond acceptors (Lipinski definition) is 3. The number of amides is 1. The molecule has 0 heterocycles. The van der Waals surface area contributed by atoms with E-state index in [0.717, 1.165) is 24.0 Å². The lowest BCUT2D eigenvalue weighted by Gasteiger charge is -2.16. The molecule has 0 aliphatic heterocycles. The van der Waals surface area contributed by atoms with Gasteiger partial charge in [-0.3, -0.25) is 9.52 Å². The van der Waals surface area contributed by atoms with Gasteiger partial charge in [0.05, 0.1) is 10.6 Å². The maximum Gasteiger partial charge on any atom is 0.261 e. The van der Waals surface area contributed by atoms with E-state index in [1.807, 2.05) is 38.1 Å². The summed E-state index contributed by atoms with van der Waals surface area (Å²) < 4.78 is 28.9. The molecule has 6 heteroatoms. The monoisotopic (exact) mass is 422 g/mol. The van der Waals surface area contributed by atoms with Crippen molar-refractivity contribution in [3.63, 3.8) is 0 Å². The molecule has 0 fully saturated rings. The lowest BCUT2D eigenvalue weighted by molar-refractivity contribution is 0.102. The molecule has 0 aliphatic carbocycles. The van der Waals surface area contributed by atoms with Crippen LogP contribution in [0.2, 0.25) is 0 Å². The second kappa shape index (κ2) is 9.13. The molecule has 0 saturated carbocycles. The number of carbonyl (C=O) groups is 1. The summed E-state index contributed by atoms with van der Waals surface area (Å²) in [5.41, 5.74) is 4.36. The van der Waals surface area contributed by atoms with Crippen molar-refractivity contribution in [2.75, 3.05) is 10.0 Å². The summed E-state index contributed by atoms with van der Waals surface area (Å²) in [6, 6.07) is 19.4. The van der Waals surface area contributed by atoms with E-state index in [1.165, 1.54) is 6.07 Å². The van der Waals surface area contributed by atoms with Crippen molar-refractivity contribution in [3.8, 4) is 0 Å². The average Bonchev–Trinajstić information content (AvgIpc) is 2.75. The number of rotatable bonds is 7. The predicted molar refractivity (Wildman–Crippen MR) is 122 cm³/mol. The van der Waals surface area contributed by atoms with E-state index in [-0.39, 0.29) is 10.8 Å². The zero-order valence-corrected chi connectivity index (χ0v) is 18.2. The molecular weight excluding hydrogens is 396 g/mol. The molecule has 0 aliphatic rings. The number of nitrogens with one attached hydrogen (secondary N) is 2. The van der Waals surface area contributed by atoms with Crippen LogP contribution in [0.1, 0.15) is 40.9 Å². The van der Waals surface area contributed by atoms with Gasteiger partial charge in [-0.25, -0.2) is 8.42 Å². The Bertz CT molecular complexity index is 1130. The molecule has 0 radical (unpaired) electrons. The van der Waals surface area contributed by atoms with Crippen LogP contribution in [0.5, 0.6) is 0 Å². The third-order valence-corrected chi connectivity index (χ3v) is 6.38. The number of para-hydroxylation sites is 1. The van der Waals surface area contributed by atoms with Crippen LogP contribution in [0.15, 0.2) is 71.6 Å². The number of carbonyl (C=O) groups excluding carboxylic acids is 1. The Kier molecular flexibility index (Phi) is 6.57. The van der Waals surface area contributed by atoms with Crippen LogP contribution in [-0.4, -0.2) is 14.3 Å². The van der Waals surface area contributed by atoms with Gasteiger partial charge < -0.3 is 5.32 Å². The topological polar surface area (TPSA) is 75.3 Å². The molecule has 1 amide bonds. The summed E-state index contributed by atoms with van der Waals surface area (Å²) in [5.74, 6) is -0.239. The fraction of sp³-hybridized carbons (Fsp3) is 0.208. The highest BCUT2D eigenvalue weighted by Gasteiger charge is 2.19. The first-order valence-corrected chi connectivity index (χ1v) is 11.4. The Hall–Kier alpha value is -3.12. The molecule has 0 atom stereocenters. The molecule has 0 unspecified atom stereocenters. The van der Waals surface area contributed by atoms with Gasteiger partial charge in [0.25, 0.3) is 15.9 Å². The van der Waals surface area contributed by atoms with Crippen LogP contribution in [0.4, 0.5) is 11.4 Å². The predicted octanol–water partition coefficient (Wildman–Crippen LogP) is 5.17. The van der Waals surface area contributed by atoms with Crippen LogP contribution in [0, 0.1) is 6.92 Å². The molecule has 0 saturated heterocycles. The Morgan fingerprint density at radius 2 is 1.50 bits per heavy atom. The van der Waals surface area contributed by atoms with Crippen LogP contribution in [0.3, 0.4) is 0 Å². The van der Waals surface area contributed by atoms with Gasteiger partial charge in [0.15, 0.2) is 0 Å². The van der Waals surface area contributed by atoms with Gasteiger partial charge in [0.2, 0.25) is 0 Å². The molecule has 2 N–H and O–H groups in total. The van der Waals surface area contributed by atoms with Gasteiger partial charge in [-0.15, -0.1) is 0 Å². The van der Waals surface area contributed by atoms with Crippen molar-refractivity contribution < 1.29 is 13.2 Å². The normalized spacial score (nSPS) is 11.2. The number of benzene rings is 3. The number of hydrogen-bond donors (Lipinski definition) is 2. The molecule has 0 bridgehead atoms. The molecule has 30 heavy (non-hydrogen) atoms. The molecule has 3 aromatic carbocycles. The van der Waals surface area contributed by atoms with E-state index in [9.17, 15) is 13.2 Å². The van der Waals surface area contributed by atoms with Gasteiger partial charge in [-0.1, -0.05) is 50.2 Å². The van der Waals surface area contributed by atoms with Crippen LogP contribution >= 0.6 is 0 Å². The minimum Gasteiger partial charge on any atom is -0.322 e. The smallest absolute Gasteiger partial charge is 0.261 e. The van der Waals surface area contributed by atoms with Crippen LogP contribution < -0.4 is 10.0 Å². The first kappa shape index (κ1) is 21.6. The minimum atomic E-state index is -3.76. The summed E-state index contributed by atoms with van der Waals surface area (Å²) in [6.07, 6.45) is 1.46. The van der Waals surface area contributed by atoms with E-state index in [4.69, 9.17) is 0 Å². The maximum absolute atomic E-state index is 13.0. The van der Waals surface area contributed by atoms with E-state index in [2.05, 4.69) is 10.0 Å². The lowest BCUT2D eigenvalue weighted by Crippen LogP contribution is -2.17. The molecule has 0 aromatic heterocycles. The molecule has 3 aromatic rings. The second-order valence-corrected chi connectivity index (χ2v) is 8.74. The molecule has 3 rings (SSSR count). The lowest BCUT2D eigenvalue weighted by atomic mass is 10.0. The maximum atomic E-state index is 13.0. The highest BCUT2D eigenvalue weighted by molar-refractivity contribution is 7.92. The Labute approximate surface area is 178 Å². The van der Waals surface area contributed by atoms with Gasteiger partial charge in [-0.05, 0) is 66.8 Å². The van der Waals surface area contributed by atoms with Crippen LogP contribution in [0.25, 0.3) is 0 Å². The van der Waals surface area contributed by atoms with Gasteiger partial charge >= 0.3 is 0 Å². The first-order valence-electron chi connectivity index (χ1n) is 9.96. The third-order valence-electron chi connectivity index (χ3n) is 5.03. The summed E-state index contributed by atoms with van der Waals surface area (Å²) in [6.45, 7) is 5.78. The van der Waals surface area contributed by atoms with Crippen LogP contribution in [-0.2, 0) is 22.9 Å². The van der Waals surface area contributed by atoms with Gasteiger partial charge in [0.1, 0.15) is 0 Å². The summed E-state index contributed by atoms with van der Waals surface area (Å²) in [5, 5.41) is 2.84. The third kappa shape index (κ3) is 4.71. The number of anilines is 2. The Morgan fingerprint density at radius 3 is 2.07 bits per heavy atom. The van der Waals surface area contributed by atoms with Crippen molar-refractivity contribution in [1.29, 1.82) is 0 Å². The second-order valence-electron chi connectivity index (χ2n) is 7.06. The van der Waals surface area contributed by atoms with Crippen molar-refractivity contribution in [2.24, 2.45) is 0 Å². The zero-order chi connectivity index (χ0) is 21.7. The molecular formula is C24H26N2O3S. The highest BCUT2D eigenvalue weighted by atomic mass is 32.2. The van der Waals surface area contributed by atoms with Gasteiger partial charge in [0, 0.05) is 11.3 Å². The highest BCUT2D eigenvalue weighted by Crippen LogP contribution is 2.27. The fourth-order valence-corrected chi connectivity index (χ4v) is 4.52. The van der Waals surface area contributed by atoms with E-state index in [1.54, 1.807) is 43.3 Å². The van der Waals surface area contributed by atoms with E-state index >= 15 is 0 Å². The van der Waals surface area contributed by atoms with Crippen molar-refractivity contribution in [1.82, 2.24) is 0 Å². The Morgan fingerprint density at radius 1 is 0.867 bits per heavy atom. The first-order chi connectivity index (χ1) is 14.4. The quantitative estimate of drug-likeness (QED) is 0.551. The number of aryl methyl sites for hydroxylation is 3. The summed E-state index contributed by atoms with van der Waals surface area (Å²) in [4.78, 5) is 12.5.